The lowest BCUT2D eigenvalue weighted by Crippen LogP contribution is -1.84. The molecular weight excluding hydrogens is 236 g/mol. The number of aromatic nitrogens is 2. The fourth-order valence-corrected chi connectivity index (χ4v) is 2.49. The molecule has 66 valence electrons. The van der Waals surface area contributed by atoms with Gasteiger partial charge in [0.2, 0.25) is 0 Å². The lowest BCUT2D eigenvalue weighted by molar-refractivity contribution is 0.858. The highest BCUT2D eigenvalue weighted by molar-refractivity contribution is 9.09. The van der Waals surface area contributed by atoms with E-state index in [0.29, 0.717) is 4.83 Å². The average molecular weight is 247 g/mol. The maximum atomic E-state index is 4.19. The second-order valence-electron chi connectivity index (χ2n) is 3.13. The van der Waals surface area contributed by atoms with E-state index in [0.717, 1.165) is 17.3 Å². The summed E-state index contributed by atoms with van der Waals surface area (Å²) in [6.07, 6.45) is 3.71. The highest BCUT2D eigenvalue weighted by atomic mass is 79.9. The number of hydrogen-bond acceptors (Lipinski definition) is 3. The molecule has 1 saturated carbocycles. The lowest BCUT2D eigenvalue weighted by Gasteiger charge is -1.97. The Hall–Kier alpha value is 0.0400. The zero-order valence-electron chi connectivity index (χ0n) is 6.96. The van der Waals surface area contributed by atoms with E-state index in [1.807, 2.05) is 0 Å². The number of rotatable bonds is 3. The first kappa shape index (κ1) is 8.63. The third-order valence-electron chi connectivity index (χ3n) is 2.01. The van der Waals surface area contributed by atoms with Crippen LogP contribution in [0.4, 0.5) is 0 Å². The Morgan fingerprint density at radius 1 is 1.58 bits per heavy atom. The Bertz CT molecular complexity index is 270. The van der Waals surface area contributed by atoms with Crippen molar-refractivity contribution >= 4 is 27.3 Å². The molecule has 1 unspecified atom stereocenters. The predicted molar refractivity (Wildman–Crippen MR) is 53.8 cm³/mol. The maximum absolute atomic E-state index is 4.19. The van der Waals surface area contributed by atoms with E-state index in [1.54, 1.807) is 11.3 Å². The van der Waals surface area contributed by atoms with Crippen LogP contribution in [-0.2, 0) is 0 Å². The summed E-state index contributed by atoms with van der Waals surface area (Å²) in [5.74, 6) is 0.743. The predicted octanol–water partition coefficient (Wildman–Crippen LogP) is 3.26. The molecule has 2 nitrogen and oxygen atoms in total. The SMILES string of the molecule is CCC(Br)c1nnc(C2CC2)s1. The molecule has 2 rings (SSSR count). The molecule has 0 spiro atoms. The van der Waals surface area contributed by atoms with Gasteiger partial charge in [-0.05, 0) is 19.3 Å². The Balaban J connectivity index is 2.12. The van der Waals surface area contributed by atoms with Crippen molar-refractivity contribution in [2.45, 2.75) is 36.9 Å². The van der Waals surface area contributed by atoms with E-state index in [1.165, 1.54) is 17.8 Å². The minimum absolute atomic E-state index is 0.405. The van der Waals surface area contributed by atoms with Crippen molar-refractivity contribution in [1.82, 2.24) is 10.2 Å². The summed E-state index contributed by atoms with van der Waals surface area (Å²) in [5.41, 5.74) is 0. The molecule has 0 saturated heterocycles. The zero-order valence-corrected chi connectivity index (χ0v) is 9.36. The summed E-state index contributed by atoms with van der Waals surface area (Å²) >= 11 is 5.34. The first-order valence-corrected chi connectivity index (χ1v) is 6.02. The van der Waals surface area contributed by atoms with Gasteiger partial charge in [0.05, 0.1) is 4.83 Å². The molecule has 1 atom stereocenters. The zero-order chi connectivity index (χ0) is 8.55. The van der Waals surface area contributed by atoms with Gasteiger partial charge in [-0.25, -0.2) is 0 Å². The van der Waals surface area contributed by atoms with Gasteiger partial charge in [-0.15, -0.1) is 21.5 Å². The van der Waals surface area contributed by atoms with Crippen molar-refractivity contribution in [3.05, 3.63) is 10.0 Å². The second-order valence-corrected chi connectivity index (χ2v) is 5.27. The van der Waals surface area contributed by atoms with Crippen LogP contribution in [0.1, 0.15) is 46.9 Å². The Morgan fingerprint density at radius 3 is 2.92 bits per heavy atom. The van der Waals surface area contributed by atoms with Gasteiger partial charge in [0.1, 0.15) is 10.0 Å². The number of alkyl halides is 1. The van der Waals surface area contributed by atoms with Crippen LogP contribution >= 0.6 is 27.3 Å². The minimum atomic E-state index is 0.405. The molecule has 1 heterocycles. The number of nitrogens with zero attached hydrogens (tertiary/aromatic N) is 2. The highest BCUT2D eigenvalue weighted by Crippen LogP contribution is 2.42. The molecule has 1 aliphatic rings. The maximum Gasteiger partial charge on any atom is 0.131 e. The van der Waals surface area contributed by atoms with Crippen molar-refractivity contribution in [3.63, 3.8) is 0 Å². The van der Waals surface area contributed by atoms with Gasteiger partial charge >= 0.3 is 0 Å². The van der Waals surface area contributed by atoms with Gasteiger partial charge in [-0.3, -0.25) is 0 Å². The van der Waals surface area contributed by atoms with Crippen LogP contribution in [-0.4, -0.2) is 10.2 Å². The normalized spacial score (nSPS) is 19.5. The third-order valence-corrected chi connectivity index (χ3v) is 4.59. The Morgan fingerprint density at radius 2 is 2.33 bits per heavy atom. The fraction of sp³-hybridized carbons (Fsp3) is 0.750. The summed E-state index contributed by atoms with van der Waals surface area (Å²) in [6, 6.07) is 0. The monoisotopic (exact) mass is 246 g/mol. The van der Waals surface area contributed by atoms with Crippen LogP contribution in [0.15, 0.2) is 0 Å². The summed E-state index contributed by atoms with van der Waals surface area (Å²) in [7, 11) is 0. The van der Waals surface area contributed by atoms with Crippen LogP contribution in [0.2, 0.25) is 0 Å². The standard InChI is InChI=1S/C8H11BrN2S/c1-2-6(9)8-11-10-7(12-8)5-3-4-5/h5-6H,2-4H2,1H3. The molecular formula is C8H11BrN2S. The fourth-order valence-electron chi connectivity index (χ4n) is 1.04. The summed E-state index contributed by atoms with van der Waals surface area (Å²) in [4.78, 5) is 0.405. The van der Waals surface area contributed by atoms with Gasteiger partial charge < -0.3 is 0 Å². The molecule has 0 N–H and O–H groups in total. The van der Waals surface area contributed by atoms with Crippen molar-refractivity contribution in [1.29, 1.82) is 0 Å². The van der Waals surface area contributed by atoms with Crippen molar-refractivity contribution in [2.24, 2.45) is 0 Å². The van der Waals surface area contributed by atoms with Gasteiger partial charge in [-0.1, -0.05) is 22.9 Å². The molecule has 0 aliphatic heterocycles. The van der Waals surface area contributed by atoms with E-state index in [9.17, 15) is 0 Å². The summed E-state index contributed by atoms with van der Waals surface area (Å²) in [6.45, 7) is 2.15. The van der Waals surface area contributed by atoms with Crippen LogP contribution < -0.4 is 0 Å². The van der Waals surface area contributed by atoms with Gasteiger partial charge in [-0.2, -0.15) is 0 Å². The number of hydrogen-bond donors (Lipinski definition) is 0. The van der Waals surface area contributed by atoms with Crippen molar-refractivity contribution in [3.8, 4) is 0 Å². The molecule has 0 amide bonds. The Labute approximate surface area is 84.5 Å². The topological polar surface area (TPSA) is 25.8 Å². The van der Waals surface area contributed by atoms with Gasteiger partial charge in [0, 0.05) is 5.92 Å². The number of halogens is 1. The van der Waals surface area contributed by atoms with Crippen molar-refractivity contribution in [2.75, 3.05) is 0 Å². The van der Waals surface area contributed by atoms with Crippen LogP contribution in [0.3, 0.4) is 0 Å². The van der Waals surface area contributed by atoms with E-state index >= 15 is 0 Å². The van der Waals surface area contributed by atoms with E-state index in [4.69, 9.17) is 0 Å². The molecule has 12 heavy (non-hydrogen) atoms. The van der Waals surface area contributed by atoms with Crippen LogP contribution in [0.5, 0.6) is 0 Å². The molecule has 1 aromatic rings. The second kappa shape index (κ2) is 3.42. The van der Waals surface area contributed by atoms with E-state index in [-0.39, 0.29) is 0 Å². The smallest absolute Gasteiger partial charge is 0.131 e. The molecule has 1 fully saturated rings. The minimum Gasteiger partial charge on any atom is -0.143 e. The van der Waals surface area contributed by atoms with E-state index < -0.39 is 0 Å². The highest BCUT2D eigenvalue weighted by Gasteiger charge is 2.28. The molecule has 0 radical (unpaired) electrons. The average Bonchev–Trinajstić information content (AvgIpc) is 2.83. The van der Waals surface area contributed by atoms with Crippen LogP contribution in [0.25, 0.3) is 0 Å². The van der Waals surface area contributed by atoms with Crippen LogP contribution in [0, 0.1) is 0 Å². The quantitative estimate of drug-likeness (QED) is 0.766. The molecule has 0 aromatic carbocycles. The molecule has 1 aromatic heterocycles. The lowest BCUT2D eigenvalue weighted by atomic mass is 10.4. The first-order chi connectivity index (χ1) is 5.81. The largest absolute Gasteiger partial charge is 0.143 e. The Kier molecular flexibility index (Phi) is 2.46. The van der Waals surface area contributed by atoms with E-state index in [2.05, 4.69) is 33.1 Å². The first-order valence-electron chi connectivity index (χ1n) is 4.28. The molecule has 1 aliphatic carbocycles. The summed E-state index contributed by atoms with van der Waals surface area (Å²) in [5, 5.41) is 10.7. The molecule has 0 bridgehead atoms. The third kappa shape index (κ3) is 1.69. The van der Waals surface area contributed by atoms with Gasteiger partial charge in [0.15, 0.2) is 0 Å². The summed E-state index contributed by atoms with van der Waals surface area (Å²) < 4.78 is 0. The van der Waals surface area contributed by atoms with Gasteiger partial charge in [0.25, 0.3) is 0 Å². The molecule has 4 heteroatoms. The van der Waals surface area contributed by atoms with Crippen molar-refractivity contribution < 1.29 is 0 Å².